The zero-order chi connectivity index (χ0) is 16.4. The Kier molecular flexibility index (Phi) is 4.92. The van der Waals surface area contributed by atoms with Gasteiger partial charge in [0, 0.05) is 12.8 Å². The number of cyclic esters (lactones) is 1. The molecule has 0 radical (unpaired) electrons. The lowest BCUT2D eigenvalue weighted by molar-refractivity contribution is -0.409. The molecule has 0 amide bonds. The molecule has 0 aromatic heterocycles. The van der Waals surface area contributed by atoms with Crippen molar-refractivity contribution in [3.8, 4) is 0 Å². The summed E-state index contributed by atoms with van der Waals surface area (Å²) < 4.78 is 5.28. The number of esters is 1. The number of carboxylic acid groups (broad SMARTS) is 1. The highest BCUT2D eigenvalue weighted by atomic mass is 17.2. The van der Waals surface area contributed by atoms with E-state index in [1.54, 1.807) is 6.92 Å². The summed E-state index contributed by atoms with van der Waals surface area (Å²) in [7, 11) is 0. The van der Waals surface area contributed by atoms with Crippen LogP contribution >= 0.6 is 0 Å². The standard InChI is InChI=1S/C16H24O6/c1-11(14(18)19)12-5-9-16(3,22-21-12)8-4-7-15(2)10-6-13(17)20-15/h4,7,11-12H,5-6,8-10H2,1-3H3,(H,18,19)/b7-4+/t11-,12-,15+,16-/m1/s1. The molecule has 2 fully saturated rings. The number of hydrogen-bond acceptors (Lipinski definition) is 5. The first-order valence-electron chi connectivity index (χ1n) is 7.70. The van der Waals surface area contributed by atoms with Crippen molar-refractivity contribution in [1.29, 1.82) is 0 Å². The van der Waals surface area contributed by atoms with E-state index >= 15 is 0 Å². The predicted octanol–water partition coefficient (Wildman–Crippen LogP) is 2.62. The number of carbonyl (C=O) groups is 2. The van der Waals surface area contributed by atoms with Crippen LogP contribution in [-0.2, 0) is 24.1 Å². The maximum absolute atomic E-state index is 11.2. The number of ether oxygens (including phenoxy) is 1. The Labute approximate surface area is 130 Å². The zero-order valence-electron chi connectivity index (χ0n) is 13.3. The molecule has 2 heterocycles. The molecule has 0 unspecified atom stereocenters. The summed E-state index contributed by atoms with van der Waals surface area (Å²) in [6, 6.07) is 0. The predicted molar refractivity (Wildman–Crippen MR) is 77.9 cm³/mol. The van der Waals surface area contributed by atoms with Crippen LogP contribution in [0, 0.1) is 5.92 Å². The summed E-state index contributed by atoms with van der Waals surface area (Å²) in [5.74, 6) is -1.63. The van der Waals surface area contributed by atoms with Gasteiger partial charge in [-0.3, -0.25) is 9.59 Å². The Morgan fingerprint density at radius 2 is 2.18 bits per heavy atom. The molecule has 0 aliphatic carbocycles. The average Bonchev–Trinajstić information content (AvgIpc) is 2.78. The topological polar surface area (TPSA) is 82.1 Å². The van der Waals surface area contributed by atoms with Crippen molar-refractivity contribution in [2.24, 2.45) is 5.92 Å². The second kappa shape index (κ2) is 6.38. The summed E-state index contributed by atoms with van der Waals surface area (Å²) in [4.78, 5) is 32.9. The lowest BCUT2D eigenvalue weighted by Crippen LogP contribution is -2.41. The normalized spacial score (nSPS) is 37.2. The first-order chi connectivity index (χ1) is 10.2. The van der Waals surface area contributed by atoms with Gasteiger partial charge in [0.2, 0.25) is 0 Å². The van der Waals surface area contributed by atoms with Crippen molar-refractivity contribution >= 4 is 11.9 Å². The van der Waals surface area contributed by atoms with Gasteiger partial charge in [-0.25, -0.2) is 9.78 Å². The monoisotopic (exact) mass is 312 g/mol. The van der Waals surface area contributed by atoms with E-state index in [9.17, 15) is 9.59 Å². The van der Waals surface area contributed by atoms with Crippen molar-refractivity contribution in [2.45, 2.75) is 70.2 Å². The van der Waals surface area contributed by atoms with E-state index in [-0.39, 0.29) is 5.97 Å². The number of carboxylic acids is 1. The molecule has 1 N–H and O–H groups in total. The molecule has 0 saturated carbocycles. The average molecular weight is 312 g/mol. The maximum atomic E-state index is 11.2. The minimum atomic E-state index is -0.881. The number of aliphatic carboxylic acids is 1. The first kappa shape index (κ1) is 17.0. The Bertz CT molecular complexity index is 463. The molecular formula is C16H24O6. The molecule has 6 heteroatoms. The second-order valence-electron chi connectivity index (χ2n) is 6.73. The van der Waals surface area contributed by atoms with E-state index in [1.807, 2.05) is 26.0 Å². The van der Waals surface area contributed by atoms with Crippen molar-refractivity contribution in [3.63, 3.8) is 0 Å². The Morgan fingerprint density at radius 1 is 1.45 bits per heavy atom. The Hall–Kier alpha value is -1.40. The smallest absolute Gasteiger partial charge is 0.308 e. The molecule has 4 atom stereocenters. The minimum Gasteiger partial charge on any atom is -0.481 e. The number of hydrogen-bond donors (Lipinski definition) is 1. The summed E-state index contributed by atoms with van der Waals surface area (Å²) >= 11 is 0. The van der Waals surface area contributed by atoms with E-state index in [2.05, 4.69) is 0 Å². The van der Waals surface area contributed by atoms with Crippen LogP contribution in [0.2, 0.25) is 0 Å². The largest absolute Gasteiger partial charge is 0.481 e. The first-order valence-corrected chi connectivity index (χ1v) is 7.70. The Morgan fingerprint density at radius 3 is 2.68 bits per heavy atom. The third-order valence-electron chi connectivity index (χ3n) is 4.47. The second-order valence-corrected chi connectivity index (χ2v) is 6.73. The van der Waals surface area contributed by atoms with Crippen LogP contribution in [0.4, 0.5) is 0 Å². The number of carbonyl (C=O) groups excluding carboxylic acids is 1. The van der Waals surface area contributed by atoms with Gasteiger partial charge in [-0.05, 0) is 46.1 Å². The van der Waals surface area contributed by atoms with Gasteiger partial charge in [0.05, 0.1) is 5.92 Å². The molecular weight excluding hydrogens is 288 g/mol. The number of rotatable bonds is 5. The highest BCUT2D eigenvalue weighted by molar-refractivity contribution is 5.72. The third kappa shape index (κ3) is 4.08. The van der Waals surface area contributed by atoms with Gasteiger partial charge in [0.1, 0.15) is 17.3 Å². The van der Waals surface area contributed by atoms with Gasteiger partial charge in [0.25, 0.3) is 0 Å². The molecule has 0 bridgehead atoms. The van der Waals surface area contributed by atoms with Gasteiger partial charge in [-0.15, -0.1) is 0 Å². The van der Waals surface area contributed by atoms with Gasteiger partial charge in [0.15, 0.2) is 0 Å². The van der Waals surface area contributed by atoms with Crippen LogP contribution in [-0.4, -0.2) is 34.4 Å². The van der Waals surface area contributed by atoms with Crippen LogP contribution in [0.3, 0.4) is 0 Å². The highest BCUT2D eigenvalue weighted by Crippen LogP contribution is 2.34. The SMILES string of the molecule is C[C@@H](C(=O)O)[C@H]1CC[C@@](C)(C/C=C/[C@@]2(C)CCC(=O)O2)OO1. The quantitative estimate of drug-likeness (QED) is 0.477. The Balaban J connectivity index is 1.84. The zero-order valence-corrected chi connectivity index (χ0v) is 13.3. The molecule has 0 aromatic carbocycles. The van der Waals surface area contributed by atoms with Gasteiger partial charge < -0.3 is 9.84 Å². The van der Waals surface area contributed by atoms with Crippen LogP contribution in [0.1, 0.15) is 52.9 Å². The fourth-order valence-electron chi connectivity index (χ4n) is 2.73. The minimum absolute atomic E-state index is 0.166. The summed E-state index contributed by atoms with van der Waals surface area (Å²) in [6.07, 6.45) is 6.56. The van der Waals surface area contributed by atoms with E-state index < -0.39 is 29.2 Å². The summed E-state index contributed by atoms with van der Waals surface area (Å²) in [5.41, 5.74) is -1.01. The molecule has 0 spiro atoms. The van der Waals surface area contributed by atoms with E-state index in [0.717, 1.165) is 6.42 Å². The van der Waals surface area contributed by atoms with Crippen LogP contribution < -0.4 is 0 Å². The van der Waals surface area contributed by atoms with Crippen LogP contribution in [0.5, 0.6) is 0 Å². The van der Waals surface area contributed by atoms with Crippen molar-refractivity contribution in [3.05, 3.63) is 12.2 Å². The highest BCUT2D eigenvalue weighted by Gasteiger charge is 2.38. The molecule has 124 valence electrons. The van der Waals surface area contributed by atoms with E-state index in [1.165, 1.54) is 0 Å². The van der Waals surface area contributed by atoms with E-state index in [4.69, 9.17) is 19.6 Å². The third-order valence-corrected chi connectivity index (χ3v) is 4.47. The molecule has 2 saturated heterocycles. The lowest BCUT2D eigenvalue weighted by Gasteiger charge is -2.36. The summed E-state index contributed by atoms with van der Waals surface area (Å²) in [5, 5.41) is 8.99. The van der Waals surface area contributed by atoms with Gasteiger partial charge in [-0.1, -0.05) is 6.08 Å². The molecule has 2 aliphatic rings. The van der Waals surface area contributed by atoms with E-state index in [0.29, 0.717) is 25.7 Å². The van der Waals surface area contributed by atoms with Crippen molar-refractivity contribution in [2.75, 3.05) is 0 Å². The maximum Gasteiger partial charge on any atom is 0.308 e. The molecule has 6 nitrogen and oxygen atoms in total. The molecule has 0 aromatic rings. The molecule has 22 heavy (non-hydrogen) atoms. The van der Waals surface area contributed by atoms with Crippen molar-refractivity contribution in [1.82, 2.24) is 0 Å². The molecule has 2 aliphatic heterocycles. The molecule has 2 rings (SSSR count). The van der Waals surface area contributed by atoms with Gasteiger partial charge in [-0.2, -0.15) is 0 Å². The lowest BCUT2D eigenvalue weighted by atomic mass is 9.89. The fourth-order valence-corrected chi connectivity index (χ4v) is 2.73. The van der Waals surface area contributed by atoms with Crippen molar-refractivity contribution < 1.29 is 29.2 Å². The fraction of sp³-hybridized carbons (Fsp3) is 0.750. The van der Waals surface area contributed by atoms with Crippen LogP contribution in [0.25, 0.3) is 0 Å². The van der Waals surface area contributed by atoms with Gasteiger partial charge >= 0.3 is 11.9 Å². The van der Waals surface area contributed by atoms with Crippen LogP contribution in [0.15, 0.2) is 12.2 Å². The summed E-state index contributed by atoms with van der Waals surface area (Å²) in [6.45, 7) is 5.44.